The number of non-ortho nitro benzene ring substituents is 1. The molecule has 5 rings (SSSR count). The minimum Gasteiger partial charge on any atom is -0.490 e. The van der Waals surface area contributed by atoms with Crippen molar-refractivity contribution in [3.05, 3.63) is 112 Å². The summed E-state index contributed by atoms with van der Waals surface area (Å²) in [4.78, 5) is 55.1. The lowest BCUT2D eigenvalue weighted by atomic mass is 9.95. The second-order valence-electron chi connectivity index (χ2n) is 10.7. The molecule has 0 fully saturated rings. The number of carbonyl (C=O) groups is 2. The lowest BCUT2D eigenvalue weighted by Gasteiger charge is -2.25. The van der Waals surface area contributed by atoms with Crippen molar-refractivity contribution in [3.8, 4) is 17.2 Å². The predicted molar refractivity (Wildman–Crippen MR) is 177 cm³/mol. The van der Waals surface area contributed by atoms with Crippen molar-refractivity contribution in [2.24, 2.45) is 4.99 Å². The van der Waals surface area contributed by atoms with E-state index in [0.717, 1.165) is 22.6 Å². The fraction of sp³-hybridized carbons (Fsp3) is 0.294. The topological polar surface area (TPSA) is 153 Å². The Kier molecular flexibility index (Phi) is 9.94. The summed E-state index contributed by atoms with van der Waals surface area (Å²) in [7, 11) is 1.26. The zero-order valence-electron chi connectivity index (χ0n) is 27.3. The molecule has 1 atom stereocenters. The number of esters is 2. The van der Waals surface area contributed by atoms with Crippen LogP contribution in [0, 0.1) is 24.0 Å². The molecule has 2 aromatic carbocycles. The quantitative estimate of drug-likeness (QED) is 0.130. The minimum atomic E-state index is -0.899. The smallest absolute Gasteiger partial charge is 0.343 e. The van der Waals surface area contributed by atoms with Gasteiger partial charge in [0.15, 0.2) is 22.9 Å². The van der Waals surface area contributed by atoms with Gasteiger partial charge in [0.05, 0.1) is 47.1 Å². The molecule has 13 nitrogen and oxygen atoms in total. The SMILES string of the molecule is CCOC(=O)C1=C(C)N=c2s/c(=C/c3cc(C)n(-c4ccc([N+](=O)[O-])cc4)c3C)c(=O)n2[C@@H]1c1ccc(OCC(=O)OC)c(OCC)c1. The number of hydrogen-bond donors (Lipinski definition) is 0. The Morgan fingerprint density at radius 3 is 2.40 bits per heavy atom. The zero-order chi connectivity index (χ0) is 34.7. The number of nitro groups is 1. The first-order valence-electron chi connectivity index (χ1n) is 15.1. The number of nitrogens with zero attached hydrogens (tertiary/aromatic N) is 4. The summed E-state index contributed by atoms with van der Waals surface area (Å²) in [6.45, 7) is 9.10. The fourth-order valence-electron chi connectivity index (χ4n) is 5.58. The maximum atomic E-state index is 14.2. The number of benzene rings is 2. The van der Waals surface area contributed by atoms with E-state index in [1.54, 1.807) is 57.2 Å². The van der Waals surface area contributed by atoms with Crippen molar-refractivity contribution in [1.82, 2.24) is 9.13 Å². The van der Waals surface area contributed by atoms with Crippen molar-refractivity contribution in [2.75, 3.05) is 26.9 Å². The number of ether oxygens (including phenoxy) is 4. The van der Waals surface area contributed by atoms with Crippen LogP contribution in [0.2, 0.25) is 0 Å². The maximum absolute atomic E-state index is 14.2. The summed E-state index contributed by atoms with van der Waals surface area (Å²) < 4.78 is 25.4. The summed E-state index contributed by atoms with van der Waals surface area (Å²) in [5.41, 5.74) is 4.02. The highest BCUT2D eigenvalue weighted by Gasteiger charge is 2.34. The second kappa shape index (κ2) is 14.1. The number of rotatable bonds is 11. The van der Waals surface area contributed by atoms with Gasteiger partial charge in [0.1, 0.15) is 0 Å². The molecule has 3 heterocycles. The molecule has 0 saturated carbocycles. The first-order chi connectivity index (χ1) is 23.0. The Morgan fingerprint density at radius 1 is 1.02 bits per heavy atom. The van der Waals surface area contributed by atoms with E-state index in [1.807, 2.05) is 24.5 Å². The normalized spacial score (nSPS) is 14.3. The van der Waals surface area contributed by atoms with Crippen LogP contribution < -0.4 is 24.4 Å². The highest BCUT2D eigenvalue weighted by Crippen LogP contribution is 2.36. The average molecular weight is 675 g/mol. The van der Waals surface area contributed by atoms with Crippen molar-refractivity contribution in [3.63, 3.8) is 0 Å². The highest BCUT2D eigenvalue weighted by molar-refractivity contribution is 7.07. The molecule has 0 bridgehead atoms. The monoisotopic (exact) mass is 674 g/mol. The van der Waals surface area contributed by atoms with Gasteiger partial charge in [0.2, 0.25) is 0 Å². The third kappa shape index (κ3) is 6.51. The Balaban J connectivity index is 1.64. The number of fused-ring (bicyclic) bond motifs is 1. The standard InChI is InChI=1S/C34H34N4O9S/c1-7-45-27-16-22(9-14-26(27)47-18-29(39)44-6)31-30(33(41)46-8-2)20(4)35-34-37(31)32(40)28(48-34)17-23-15-19(3)36(21(23)5)24-10-12-25(13-11-24)38(42)43/h9-17,31H,7-8,18H2,1-6H3/b28-17+/t31-/m1/s1. The van der Waals surface area contributed by atoms with E-state index in [2.05, 4.69) is 9.73 Å². The van der Waals surface area contributed by atoms with Crippen molar-refractivity contribution >= 4 is 35.0 Å². The van der Waals surface area contributed by atoms with E-state index in [9.17, 15) is 24.5 Å². The summed E-state index contributed by atoms with van der Waals surface area (Å²) in [5.74, 6) is -0.559. The van der Waals surface area contributed by atoms with Gasteiger partial charge in [0.25, 0.3) is 11.2 Å². The zero-order valence-corrected chi connectivity index (χ0v) is 28.1. The van der Waals surface area contributed by atoms with Gasteiger partial charge in [-0.2, -0.15) is 0 Å². The van der Waals surface area contributed by atoms with E-state index in [0.29, 0.717) is 38.7 Å². The number of hydrogen-bond acceptors (Lipinski definition) is 11. The Morgan fingerprint density at radius 2 is 1.75 bits per heavy atom. The molecule has 0 aliphatic carbocycles. The summed E-state index contributed by atoms with van der Waals surface area (Å²) in [6.07, 6.45) is 1.78. The molecule has 250 valence electrons. The summed E-state index contributed by atoms with van der Waals surface area (Å²) in [6, 6.07) is 12.3. The molecule has 0 spiro atoms. The van der Waals surface area contributed by atoms with Crippen LogP contribution in [0.3, 0.4) is 0 Å². The van der Waals surface area contributed by atoms with Gasteiger partial charge < -0.3 is 23.5 Å². The van der Waals surface area contributed by atoms with Crippen molar-refractivity contribution in [2.45, 2.75) is 40.7 Å². The number of thiazole rings is 1. The van der Waals surface area contributed by atoms with Crippen LogP contribution in [0.25, 0.3) is 11.8 Å². The molecule has 1 aliphatic rings. The predicted octanol–water partition coefficient (Wildman–Crippen LogP) is 4.06. The maximum Gasteiger partial charge on any atom is 0.343 e. The molecule has 0 N–H and O–H groups in total. The average Bonchev–Trinajstić information content (AvgIpc) is 3.52. The number of methoxy groups -OCH3 is 1. The van der Waals surface area contributed by atoms with E-state index < -0.39 is 22.9 Å². The number of carbonyl (C=O) groups excluding carboxylic acids is 2. The van der Waals surface area contributed by atoms with Gasteiger partial charge in [-0.25, -0.2) is 14.6 Å². The molecule has 2 aromatic heterocycles. The van der Waals surface area contributed by atoms with E-state index in [1.165, 1.54) is 35.1 Å². The second-order valence-corrected chi connectivity index (χ2v) is 11.8. The van der Waals surface area contributed by atoms with Crippen LogP contribution in [0.4, 0.5) is 5.69 Å². The summed E-state index contributed by atoms with van der Waals surface area (Å²) in [5, 5.41) is 11.1. The van der Waals surface area contributed by atoms with E-state index in [-0.39, 0.29) is 30.0 Å². The molecule has 0 unspecified atom stereocenters. The van der Waals surface area contributed by atoms with Crippen molar-refractivity contribution in [1.29, 1.82) is 0 Å². The molecule has 0 amide bonds. The van der Waals surface area contributed by atoms with E-state index >= 15 is 0 Å². The lowest BCUT2D eigenvalue weighted by molar-refractivity contribution is -0.384. The first-order valence-corrected chi connectivity index (χ1v) is 15.9. The van der Waals surface area contributed by atoms with Crippen LogP contribution in [0.1, 0.15) is 49.3 Å². The van der Waals surface area contributed by atoms with Crippen LogP contribution in [0.5, 0.6) is 11.5 Å². The lowest BCUT2D eigenvalue weighted by Crippen LogP contribution is -2.40. The first kappa shape index (κ1) is 33.9. The third-order valence-electron chi connectivity index (χ3n) is 7.75. The Bertz CT molecular complexity index is 2120. The molecule has 4 aromatic rings. The number of nitro benzene ring substituents is 1. The van der Waals surface area contributed by atoms with Crippen molar-refractivity contribution < 1.29 is 33.5 Å². The van der Waals surface area contributed by atoms with Gasteiger partial charge in [-0.15, -0.1) is 0 Å². The summed E-state index contributed by atoms with van der Waals surface area (Å²) >= 11 is 1.19. The molecule has 48 heavy (non-hydrogen) atoms. The van der Waals surface area contributed by atoms with E-state index in [4.69, 9.17) is 14.2 Å². The van der Waals surface area contributed by atoms with Gasteiger partial charge in [-0.3, -0.25) is 19.5 Å². The van der Waals surface area contributed by atoms with Crippen LogP contribution in [-0.2, 0) is 19.1 Å². The Hall–Kier alpha value is -5.50. The van der Waals surface area contributed by atoms with Crippen LogP contribution in [0.15, 0.2) is 69.6 Å². The molecule has 14 heteroatoms. The third-order valence-corrected chi connectivity index (χ3v) is 8.73. The van der Waals surface area contributed by atoms with Gasteiger partial charge in [-0.05, 0) is 82.2 Å². The van der Waals surface area contributed by atoms with Gasteiger partial charge >= 0.3 is 11.9 Å². The van der Waals surface area contributed by atoms with Crippen LogP contribution >= 0.6 is 11.3 Å². The van der Waals surface area contributed by atoms with Gasteiger partial charge in [-0.1, -0.05) is 17.4 Å². The fourth-order valence-corrected chi connectivity index (χ4v) is 6.62. The molecular formula is C34H34N4O9S. The minimum absolute atomic E-state index is 0.00804. The largest absolute Gasteiger partial charge is 0.490 e. The molecule has 0 radical (unpaired) electrons. The van der Waals surface area contributed by atoms with Crippen LogP contribution in [-0.4, -0.2) is 52.9 Å². The molecular weight excluding hydrogens is 640 g/mol. The van der Waals surface area contributed by atoms with Gasteiger partial charge in [0, 0.05) is 29.2 Å². The number of aryl methyl sites for hydroxylation is 1. The number of aromatic nitrogens is 2. The highest BCUT2D eigenvalue weighted by atomic mass is 32.1. The number of allylic oxidation sites excluding steroid dienone is 1. The molecule has 1 aliphatic heterocycles. The Labute approximate surface area is 279 Å². The molecule has 0 saturated heterocycles.